The molecule has 3 amide bonds. The summed E-state index contributed by atoms with van der Waals surface area (Å²) >= 11 is 0. The number of cyclic esters (lactones) is 3. The predicted octanol–water partition coefficient (Wildman–Crippen LogP) is 6.12. The summed E-state index contributed by atoms with van der Waals surface area (Å²) in [6.45, 7) is 30.8. The number of carbonyl (C=O) groups is 4. The highest BCUT2D eigenvalue weighted by Crippen LogP contribution is 2.37. The molecule has 22 nitrogen and oxygen atoms in total. The van der Waals surface area contributed by atoms with E-state index in [4.69, 9.17) is 22.9 Å². The van der Waals surface area contributed by atoms with Crippen LogP contribution in [0.3, 0.4) is 0 Å². The zero-order valence-electron chi connectivity index (χ0n) is 41.4. The van der Waals surface area contributed by atoms with E-state index in [9.17, 15) is 28.8 Å². The number of aryl methyl sites for hydroxylation is 2. The highest BCUT2D eigenvalue weighted by atomic mass is 16.6. The van der Waals surface area contributed by atoms with E-state index in [0.29, 0.717) is 38.4 Å². The van der Waals surface area contributed by atoms with E-state index >= 15 is 0 Å². The molecular formula is C47H60N14O8. The third-order valence-electron chi connectivity index (χ3n) is 10.6. The molecule has 2 aromatic carbocycles. The van der Waals surface area contributed by atoms with Gasteiger partial charge in [0.1, 0.15) is 5.82 Å². The summed E-state index contributed by atoms with van der Waals surface area (Å²) in [5.41, 5.74) is 27.6. The number of nitrogens with two attached hydrogens (primary N) is 4. The molecule has 2 aliphatic heterocycles. The number of nitrogen functional groups attached to an aromatic ring is 4. The minimum Gasteiger partial charge on any atom is -0.393 e. The van der Waals surface area contributed by atoms with Crippen LogP contribution < -0.4 is 39.5 Å². The number of urea groups is 1. The Hall–Kier alpha value is -8.04. The number of aromatic amines is 2. The molecule has 0 saturated carbocycles. The van der Waals surface area contributed by atoms with Crippen LogP contribution >= 0.6 is 0 Å². The molecule has 69 heavy (non-hydrogen) atoms. The molecule has 0 radical (unpaired) electrons. The maximum atomic E-state index is 12.4. The number of fused-ring (bicyclic) bond motifs is 6. The summed E-state index contributed by atoms with van der Waals surface area (Å²) in [5.74, 6) is -0.354. The van der Waals surface area contributed by atoms with Crippen molar-refractivity contribution in [3.05, 3.63) is 79.6 Å². The number of benzene rings is 2. The monoisotopic (exact) mass is 948 g/mol. The molecule has 0 atom stereocenters. The Balaban J connectivity index is 0.000000178. The van der Waals surface area contributed by atoms with Gasteiger partial charge in [0.2, 0.25) is 23.7 Å². The fourth-order valence-electron chi connectivity index (χ4n) is 7.52. The second-order valence-electron chi connectivity index (χ2n) is 20.4. The van der Waals surface area contributed by atoms with Gasteiger partial charge in [-0.25, -0.2) is 44.4 Å². The summed E-state index contributed by atoms with van der Waals surface area (Å²) in [6.07, 6.45) is 1.07. The molecule has 11 N–H and O–H groups in total. The molecule has 0 spiro atoms. The Kier molecular flexibility index (Phi) is 14.0. The molecule has 0 bridgehead atoms. The smallest absolute Gasteiger partial charge is 0.393 e. The molecular weight excluding hydrogens is 889 g/mol. The number of amides is 3. The lowest BCUT2D eigenvalue weighted by molar-refractivity contribution is -0.158. The number of ether oxygens (including phenoxy) is 2. The Morgan fingerprint density at radius 3 is 1.71 bits per heavy atom. The van der Waals surface area contributed by atoms with Crippen LogP contribution in [0.1, 0.15) is 112 Å². The quantitative estimate of drug-likeness (QED) is 0.0512. The van der Waals surface area contributed by atoms with E-state index in [2.05, 4.69) is 97.5 Å². The number of hydrogen-bond acceptors (Lipinski definition) is 18. The minimum absolute atomic E-state index is 0.0567. The minimum atomic E-state index is -0.782. The van der Waals surface area contributed by atoms with Crippen LogP contribution in [0.15, 0.2) is 45.8 Å². The average Bonchev–Trinajstić information content (AvgIpc) is 3.15. The number of carbonyl (C=O) groups excluding carboxylic acids is 4. The van der Waals surface area contributed by atoms with E-state index in [0.717, 1.165) is 33.3 Å². The Labute approximate surface area is 396 Å². The second kappa shape index (κ2) is 18.6. The maximum Gasteiger partial charge on any atom is 0.422 e. The van der Waals surface area contributed by atoms with Crippen molar-refractivity contribution in [3.63, 3.8) is 0 Å². The average molecular weight is 949 g/mol. The van der Waals surface area contributed by atoms with Gasteiger partial charge in [-0.15, -0.1) is 0 Å². The van der Waals surface area contributed by atoms with Gasteiger partial charge in [-0.1, -0.05) is 68.4 Å². The SMILES string of the molecule is C=C1OC(=O)NC(=O)N1C(C)(C)C.CC(C)(C)C1=CCC(=O)OC1=O.Cc1[nH]c(=O)nc2c1cc(C(C)(C)C)c1nc(N)nc(N)c12.Cc1nc(N)nc2c1cc(C(C)(C)C)c1nc(N)[nH]c(=O)c12. The van der Waals surface area contributed by atoms with Gasteiger partial charge in [-0.05, 0) is 80.7 Å². The van der Waals surface area contributed by atoms with Gasteiger partial charge in [-0.2, -0.15) is 9.97 Å². The van der Waals surface area contributed by atoms with Crippen molar-refractivity contribution in [2.45, 2.75) is 120 Å². The molecule has 1 saturated heterocycles. The lowest BCUT2D eigenvalue weighted by atomic mass is 9.84. The van der Waals surface area contributed by atoms with Crippen molar-refractivity contribution in [3.8, 4) is 0 Å². The summed E-state index contributed by atoms with van der Waals surface area (Å²) in [7, 11) is 0. The van der Waals surface area contributed by atoms with Crippen molar-refractivity contribution in [1.82, 2.24) is 50.1 Å². The van der Waals surface area contributed by atoms with Crippen molar-refractivity contribution >= 4 is 91.3 Å². The van der Waals surface area contributed by atoms with Crippen LogP contribution in [0, 0.1) is 19.3 Å². The first-order chi connectivity index (χ1) is 31.6. The third-order valence-corrected chi connectivity index (χ3v) is 10.6. The van der Waals surface area contributed by atoms with Crippen molar-refractivity contribution in [2.75, 3.05) is 22.9 Å². The van der Waals surface area contributed by atoms with Gasteiger partial charge in [0.05, 0.1) is 45.0 Å². The van der Waals surface area contributed by atoms with Crippen molar-refractivity contribution in [1.29, 1.82) is 0 Å². The number of anilines is 4. The number of alkyl carbamates (subject to hydrolysis) is 1. The zero-order chi connectivity index (χ0) is 52.0. The Bertz CT molecular complexity index is 3250. The first-order valence-electron chi connectivity index (χ1n) is 21.6. The van der Waals surface area contributed by atoms with E-state index < -0.39 is 35.3 Å². The van der Waals surface area contributed by atoms with Gasteiger partial charge in [0.25, 0.3) is 5.56 Å². The predicted molar refractivity (Wildman–Crippen MR) is 264 cm³/mol. The van der Waals surface area contributed by atoms with Crippen LogP contribution in [-0.2, 0) is 29.9 Å². The summed E-state index contributed by atoms with van der Waals surface area (Å²) in [6, 6.07) is 3.45. The van der Waals surface area contributed by atoms with Crippen LogP contribution in [0.4, 0.5) is 33.3 Å². The summed E-state index contributed by atoms with van der Waals surface area (Å²) in [4.78, 5) is 99.7. The van der Waals surface area contributed by atoms with Crippen LogP contribution in [0.5, 0.6) is 0 Å². The molecule has 22 heteroatoms. The normalized spacial score (nSPS) is 14.5. The van der Waals surface area contributed by atoms with E-state index in [1.807, 2.05) is 72.8 Å². The van der Waals surface area contributed by atoms with Crippen LogP contribution in [0.2, 0.25) is 0 Å². The molecule has 0 aliphatic carbocycles. The third kappa shape index (κ3) is 11.4. The van der Waals surface area contributed by atoms with Gasteiger partial charge < -0.3 is 37.4 Å². The molecule has 4 aromatic heterocycles. The molecule has 8 rings (SSSR count). The molecule has 6 heterocycles. The maximum absolute atomic E-state index is 12.4. The Morgan fingerprint density at radius 2 is 1.17 bits per heavy atom. The van der Waals surface area contributed by atoms with Gasteiger partial charge in [0.15, 0.2) is 0 Å². The number of hydrogen-bond donors (Lipinski definition) is 7. The summed E-state index contributed by atoms with van der Waals surface area (Å²) < 4.78 is 9.14. The molecule has 6 aromatic rings. The van der Waals surface area contributed by atoms with E-state index in [-0.39, 0.29) is 57.8 Å². The van der Waals surface area contributed by atoms with Crippen molar-refractivity contribution < 1.29 is 28.7 Å². The Morgan fingerprint density at radius 1 is 0.638 bits per heavy atom. The fraction of sp³-hybridized carbons (Fsp3) is 0.404. The van der Waals surface area contributed by atoms with E-state index in [1.54, 1.807) is 6.08 Å². The lowest BCUT2D eigenvalue weighted by Crippen LogP contribution is -2.55. The van der Waals surface area contributed by atoms with Gasteiger partial charge >= 0.3 is 29.8 Å². The number of H-pyrrole nitrogens is 2. The second-order valence-corrected chi connectivity index (χ2v) is 20.4. The molecule has 1 fully saturated rings. The van der Waals surface area contributed by atoms with Crippen LogP contribution in [-0.4, -0.2) is 74.4 Å². The number of esters is 2. The van der Waals surface area contributed by atoms with Gasteiger partial charge in [-0.3, -0.25) is 19.5 Å². The standard InChI is InChI=1S/2C15H18N6O.C9H12O3.C8H12N2O3/c1-6-7-5-8(15(2,3)4)11-9(10(7)19-13(16)18-6)12(22)21-14(17)20-11;1-6-7-5-8(15(2,3)4)11-9(10(7)20-14(22)18-6)12(16)21-13(17)19-11;1-9(2,3)6-4-5-7(10)12-8(6)11;1-5-10(8(2,3)4)6(11)9-7(12)13-5/h5H,1-4H3,(H2,16,18,19)(H3,17,20,21,22);5H,1-4H3,(H,18,20,22)(H4,16,17,19,21);4H,5H2,1-3H3;1H2,2-4H3,(H,9,11,12). The highest BCUT2D eigenvalue weighted by molar-refractivity contribution is 6.11. The summed E-state index contributed by atoms with van der Waals surface area (Å²) in [5, 5.41) is 4.63. The first-order valence-corrected chi connectivity index (χ1v) is 21.6. The zero-order valence-corrected chi connectivity index (χ0v) is 41.4. The van der Waals surface area contributed by atoms with Crippen LogP contribution in [0.25, 0.3) is 43.6 Å². The van der Waals surface area contributed by atoms with Crippen molar-refractivity contribution in [2.24, 2.45) is 5.41 Å². The molecule has 2 aliphatic rings. The number of aromatic nitrogens is 8. The number of nitrogens with zero attached hydrogens (tertiary/aromatic N) is 7. The van der Waals surface area contributed by atoms with Gasteiger partial charge in [0, 0.05) is 27.6 Å². The molecule has 0 unspecified atom stereocenters. The number of nitrogens with one attached hydrogen (secondary N) is 3. The fourth-order valence-corrected chi connectivity index (χ4v) is 7.52. The molecule has 366 valence electrons. The number of rotatable bonds is 0. The lowest BCUT2D eigenvalue weighted by Gasteiger charge is -2.37. The highest BCUT2D eigenvalue weighted by Gasteiger charge is 2.36. The topological polar surface area (TPSA) is 349 Å². The van der Waals surface area contributed by atoms with E-state index in [1.165, 1.54) is 4.90 Å². The largest absolute Gasteiger partial charge is 0.422 e. The first kappa shape index (κ1) is 51.9. The number of imide groups is 1.